The summed E-state index contributed by atoms with van der Waals surface area (Å²) < 4.78 is 0. The van der Waals surface area contributed by atoms with E-state index in [0.717, 1.165) is 22.0 Å². The second kappa shape index (κ2) is 6.88. The molecule has 1 heterocycles. The van der Waals surface area contributed by atoms with Crippen molar-refractivity contribution in [1.29, 1.82) is 0 Å². The van der Waals surface area contributed by atoms with E-state index in [1.807, 2.05) is 54.6 Å². The third kappa shape index (κ3) is 2.89. The summed E-state index contributed by atoms with van der Waals surface area (Å²) in [6, 6.07) is 18.7. The number of aromatic hydroxyl groups is 1. The summed E-state index contributed by atoms with van der Waals surface area (Å²) in [5.41, 5.74) is 2.36. The molecule has 27 heavy (non-hydrogen) atoms. The van der Waals surface area contributed by atoms with E-state index < -0.39 is 0 Å². The average Bonchev–Trinajstić information content (AvgIpc) is 2.96. The molecular weight excluding hydrogens is 338 g/mol. The zero-order chi connectivity index (χ0) is 18.8. The highest BCUT2D eigenvalue weighted by atomic mass is 16.3. The van der Waals surface area contributed by atoms with Crippen LogP contribution in [0.5, 0.6) is 5.75 Å². The van der Waals surface area contributed by atoms with Gasteiger partial charge >= 0.3 is 0 Å². The summed E-state index contributed by atoms with van der Waals surface area (Å²) in [5.74, 6) is -0.0699. The van der Waals surface area contributed by atoms with Crippen LogP contribution in [0.4, 0.5) is 5.69 Å². The number of amides is 1. The molecule has 0 saturated heterocycles. The summed E-state index contributed by atoms with van der Waals surface area (Å²) in [5, 5.41) is 20.3. The van der Waals surface area contributed by atoms with Crippen LogP contribution in [0.3, 0.4) is 0 Å². The fourth-order valence-corrected chi connectivity index (χ4v) is 3.19. The van der Waals surface area contributed by atoms with Gasteiger partial charge in [0.25, 0.3) is 5.91 Å². The Morgan fingerprint density at radius 2 is 1.81 bits per heavy atom. The van der Waals surface area contributed by atoms with Gasteiger partial charge in [0.1, 0.15) is 5.75 Å². The van der Waals surface area contributed by atoms with Crippen LogP contribution < -0.4 is 4.90 Å². The minimum Gasteiger partial charge on any atom is -0.507 e. The Morgan fingerprint density at radius 1 is 1.04 bits per heavy atom. The van der Waals surface area contributed by atoms with Gasteiger partial charge in [0, 0.05) is 23.1 Å². The Balaban J connectivity index is 1.70. The molecule has 1 aliphatic heterocycles. The van der Waals surface area contributed by atoms with Gasteiger partial charge in [0.15, 0.2) is 5.71 Å². The number of carbonyl (C=O) groups excluding carboxylic acids is 1. The highest BCUT2D eigenvalue weighted by Gasteiger charge is 2.32. The maximum atomic E-state index is 12.7. The number of para-hydroxylation sites is 1. The first-order valence-electron chi connectivity index (χ1n) is 8.54. The lowest BCUT2D eigenvalue weighted by atomic mass is 10.1. The van der Waals surface area contributed by atoms with Crippen LogP contribution in [0.15, 0.2) is 83.5 Å². The zero-order valence-corrected chi connectivity index (χ0v) is 14.5. The Bertz CT molecular complexity index is 1120. The van der Waals surface area contributed by atoms with Crippen LogP contribution in [0.25, 0.3) is 10.8 Å². The first-order valence-corrected chi connectivity index (χ1v) is 8.54. The third-order valence-electron chi connectivity index (χ3n) is 4.50. The van der Waals surface area contributed by atoms with Gasteiger partial charge in [0.05, 0.1) is 11.9 Å². The van der Waals surface area contributed by atoms with Crippen LogP contribution in [0.2, 0.25) is 0 Å². The predicted octanol–water partition coefficient (Wildman–Crippen LogP) is 3.90. The van der Waals surface area contributed by atoms with E-state index in [-0.39, 0.29) is 17.4 Å². The molecule has 0 spiro atoms. The predicted molar refractivity (Wildman–Crippen MR) is 109 cm³/mol. The minimum atomic E-state index is -0.212. The number of hydrogen-bond acceptors (Lipinski definition) is 4. The van der Waals surface area contributed by atoms with E-state index in [9.17, 15) is 9.90 Å². The van der Waals surface area contributed by atoms with Gasteiger partial charge in [-0.2, -0.15) is 5.10 Å². The van der Waals surface area contributed by atoms with E-state index >= 15 is 0 Å². The Morgan fingerprint density at radius 3 is 2.67 bits per heavy atom. The van der Waals surface area contributed by atoms with Crippen molar-refractivity contribution in [3.63, 3.8) is 0 Å². The number of phenols is 1. The molecule has 0 unspecified atom stereocenters. The summed E-state index contributed by atoms with van der Waals surface area (Å²) in [4.78, 5) is 14.3. The molecule has 1 aliphatic rings. The Kier molecular flexibility index (Phi) is 4.26. The molecular formula is C22H17N3O2. The molecule has 132 valence electrons. The van der Waals surface area contributed by atoms with Crippen molar-refractivity contribution < 1.29 is 9.90 Å². The smallest absolute Gasteiger partial charge is 0.279 e. The van der Waals surface area contributed by atoms with Gasteiger partial charge in [0.2, 0.25) is 0 Å². The van der Waals surface area contributed by atoms with Crippen molar-refractivity contribution in [3.05, 3.63) is 84.4 Å². The molecule has 5 heteroatoms. The number of anilines is 1. The largest absolute Gasteiger partial charge is 0.507 e. The molecule has 0 aromatic heterocycles. The second-order valence-corrected chi connectivity index (χ2v) is 6.14. The molecule has 4 rings (SSSR count). The number of fused-ring (bicyclic) bond motifs is 2. The normalized spacial score (nSPS) is 15.0. The molecule has 0 bridgehead atoms. The molecule has 0 atom stereocenters. The fourth-order valence-electron chi connectivity index (χ4n) is 3.19. The molecule has 1 N–H and O–H groups in total. The van der Waals surface area contributed by atoms with Crippen LogP contribution in [0, 0.1) is 0 Å². The van der Waals surface area contributed by atoms with E-state index in [0.29, 0.717) is 12.1 Å². The Hall–Kier alpha value is -3.73. The maximum Gasteiger partial charge on any atom is 0.279 e. The van der Waals surface area contributed by atoms with Crippen LogP contribution in [0.1, 0.15) is 11.1 Å². The number of nitrogens with zero attached hydrogens (tertiary/aromatic N) is 3. The van der Waals surface area contributed by atoms with Crippen LogP contribution in [-0.2, 0) is 4.79 Å². The van der Waals surface area contributed by atoms with Crippen molar-refractivity contribution in [2.45, 2.75) is 0 Å². The van der Waals surface area contributed by atoms with E-state index in [1.165, 1.54) is 6.21 Å². The van der Waals surface area contributed by atoms with Gasteiger partial charge in [-0.05, 0) is 17.5 Å². The molecule has 1 amide bonds. The fraction of sp³-hybridized carbons (Fsp3) is 0.0455. The summed E-state index contributed by atoms with van der Waals surface area (Å²) in [6.45, 7) is 4.11. The maximum absolute atomic E-state index is 12.7. The lowest BCUT2D eigenvalue weighted by Crippen LogP contribution is -2.30. The topological polar surface area (TPSA) is 65.3 Å². The van der Waals surface area contributed by atoms with Crippen molar-refractivity contribution in [1.82, 2.24) is 0 Å². The van der Waals surface area contributed by atoms with Crippen LogP contribution in [-0.4, -0.2) is 29.5 Å². The SMILES string of the molecule is C=CCN1C(=O)/C(=N/N=C/c2ccc3ccccc3c2O)c2ccccc21. The van der Waals surface area contributed by atoms with E-state index in [4.69, 9.17) is 0 Å². The molecule has 0 fully saturated rings. The third-order valence-corrected chi connectivity index (χ3v) is 4.50. The standard InChI is InChI=1S/C22H17N3O2/c1-2-13-25-19-10-6-5-9-18(19)20(22(25)27)24-23-14-16-12-11-15-7-3-4-8-17(15)21(16)26/h2-12,14,26H,1,13H2/b23-14+,24-20+. The molecule has 0 radical (unpaired) electrons. The molecule has 0 saturated carbocycles. The number of hydrogen-bond donors (Lipinski definition) is 1. The lowest BCUT2D eigenvalue weighted by molar-refractivity contribution is -0.112. The lowest BCUT2D eigenvalue weighted by Gasteiger charge is -2.13. The van der Waals surface area contributed by atoms with Crippen LogP contribution >= 0.6 is 0 Å². The van der Waals surface area contributed by atoms with Gasteiger partial charge in [-0.3, -0.25) is 4.79 Å². The molecule has 0 aliphatic carbocycles. The highest BCUT2D eigenvalue weighted by molar-refractivity contribution is 6.54. The van der Waals surface area contributed by atoms with Gasteiger partial charge in [-0.15, -0.1) is 11.7 Å². The summed E-state index contributed by atoms with van der Waals surface area (Å²) in [6.07, 6.45) is 3.13. The first kappa shape index (κ1) is 16.7. The molecule has 3 aromatic carbocycles. The quantitative estimate of drug-likeness (QED) is 0.438. The summed E-state index contributed by atoms with van der Waals surface area (Å²) in [7, 11) is 0. The first-order chi connectivity index (χ1) is 13.2. The van der Waals surface area contributed by atoms with Gasteiger partial charge in [-0.25, -0.2) is 0 Å². The minimum absolute atomic E-state index is 0.142. The summed E-state index contributed by atoms with van der Waals surface area (Å²) >= 11 is 0. The van der Waals surface area contributed by atoms with E-state index in [2.05, 4.69) is 16.8 Å². The zero-order valence-electron chi connectivity index (χ0n) is 14.5. The second-order valence-electron chi connectivity index (χ2n) is 6.14. The van der Waals surface area contributed by atoms with Gasteiger partial charge in [-0.1, -0.05) is 54.6 Å². The van der Waals surface area contributed by atoms with Crippen molar-refractivity contribution in [2.75, 3.05) is 11.4 Å². The number of benzene rings is 3. The molecule has 5 nitrogen and oxygen atoms in total. The number of rotatable bonds is 4. The van der Waals surface area contributed by atoms with Crippen molar-refractivity contribution >= 4 is 34.3 Å². The van der Waals surface area contributed by atoms with Crippen molar-refractivity contribution in [3.8, 4) is 5.75 Å². The number of carbonyl (C=O) groups is 1. The number of phenolic OH excluding ortho intramolecular Hbond substituents is 1. The monoisotopic (exact) mass is 355 g/mol. The average molecular weight is 355 g/mol. The van der Waals surface area contributed by atoms with E-state index in [1.54, 1.807) is 17.0 Å². The van der Waals surface area contributed by atoms with Crippen molar-refractivity contribution in [2.24, 2.45) is 10.2 Å². The Labute approximate surface area is 156 Å². The molecule has 3 aromatic rings. The van der Waals surface area contributed by atoms with Gasteiger partial charge < -0.3 is 10.0 Å². The highest BCUT2D eigenvalue weighted by Crippen LogP contribution is 2.30.